The molecule has 2 aliphatic rings. The summed E-state index contributed by atoms with van der Waals surface area (Å²) in [6.45, 7) is 1.78. The fourth-order valence-corrected chi connectivity index (χ4v) is 4.11. The summed E-state index contributed by atoms with van der Waals surface area (Å²) in [5.74, 6) is -3.19. The molecule has 0 aromatic heterocycles. The highest BCUT2D eigenvalue weighted by molar-refractivity contribution is 5.81. The molecule has 1 N–H and O–H groups in total. The van der Waals surface area contributed by atoms with Gasteiger partial charge in [-0.15, -0.1) is 0 Å². The highest BCUT2D eigenvalue weighted by Gasteiger charge is 2.32. The smallest absolute Gasteiger partial charge is 0.309 e. The Morgan fingerprint density at radius 2 is 1.37 bits per heavy atom. The zero-order valence-corrected chi connectivity index (χ0v) is 16.5. The summed E-state index contributed by atoms with van der Waals surface area (Å²) in [7, 11) is 0. The Kier molecular flexibility index (Phi) is 9.08. The molecule has 0 radical (unpaired) electrons. The second-order valence-corrected chi connectivity index (χ2v) is 8.03. The van der Waals surface area contributed by atoms with Gasteiger partial charge in [-0.1, -0.05) is 19.8 Å². The largest absolute Gasteiger partial charge is 0.481 e. The zero-order valence-electron chi connectivity index (χ0n) is 16.5. The van der Waals surface area contributed by atoms with Crippen molar-refractivity contribution in [3.8, 4) is 0 Å². The summed E-state index contributed by atoms with van der Waals surface area (Å²) in [6.07, 6.45) is 10.2. The van der Waals surface area contributed by atoms with Gasteiger partial charge in [0.15, 0.2) is 0 Å². The van der Waals surface area contributed by atoms with Crippen LogP contribution >= 0.6 is 0 Å². The summed E-state index contributed by atoms with van der Waals surface area (Å²) in [5.41, 5.74) is 0. The fourth-order valence-electron chi connectivity index (χ4n) is 4.11. The van der Waals surface area contributed by atoms with Crippen molar-refractivity contribution in [3.05, 3.63) is 0 Å². The molecule has 2 rings (SSSR count). The van der Waals surface area contributed by atoms with Crippen molar-refractivity contribution >= 4 is 17.9 Å². The molecule has 27 heavy (non-hydrogen) atoms. The van der Waals surface area contributed by atoms with Gasteiger partial charge in [-0.25, -0.2) is 0 Å². The van der Waals surface area contributed by atoms with Crippen LogP contribution in [0, 0.1) is 11.8 Å². The van der Waals surface area contributed by atoms with E-state index in [-0.39, 0.29) is 25.0 Å². The standard InChI is InChI=1S/C21H34O6/c1-2-15(20(23)24)13-16(21(25)27-18-11-7-4-8-12-18)14-19(22)26-17-9-5-3-6-10-17/h15-18H,2-14H2,1H3,(H,23,24). The second kappa shape index (κ2) is 11.3. The molecule has 0 aromatic carbocycles. The third-order valence-electron chi connectivity index (χ3n) is 5.84. The number of carboxylic acid groups (broad SMARTS) is 1. The Balaban J connectivity index is 1.95. The molecule has 0 aromatic rings. The van der Waals surface area contributed by atoms with Crippen LogP contribution < -0.4 is 0 Å². The summed E-state index contributed by atoms with van der Waals surface area (Å²) < 4.78 is 11.2. The van der Waals surface area contributed by atoms with Gasteiger partial charge in [0.05, 0.1) is 18.3 Å². The number of carbonyl (C=O) groups excluding carboxylic acids is 2. The second-order valence-electron chi connectivity index (χ2n) is 8.03. The molecular weight excluding hydrogens is 348 g/mol. The van der Waals surface area contributed by atoms with Crippen molar-refractivity contribution in [2.45, 2.75) is 103 Å². The van der Waals surface area contributed by atoms with Crippen molar-refractivity contribution in [1.29, 1.82) is 0 Å². The van der Waals surface area contributed by atoms with Gasteiger partial charge >= 0.3 is 17.9 Å². The lowest BCUT2D eigenvalue weighted by Crippen LogP contribution is -2.31. The average Bonchev–Trinajstić information content (AvgIpc) is 2.66. The summed E-state index contributed by atoms with van der Waals surface area (Å²) in [6, 6.07) is 0. The minimum Gasteiger partial charge on any atom is -0.481 e. The van der Waals surface area contributed by atoms with E-state index in [4.69, 9.17) is 9.47 Å². The summed E-state index contributed by atoms with van der Waals surface area (Å²) >= 11 is 0. The first kappa shape index (κ1) is 21.7. The van der Waals surface area contributed by atoms with Crippen molar-refractivity contribution in [3.63, 3.8) is 0 Å². The molecule has 0 spiro atoms. The van der Waals surface area contributed by atoms with E-state index in [9.17, 15) is 19.5 Å². The highest BCUT2D eigenvalue weighted by Crippen LogP contribution is 2.27. The molecule has 154 valence electrons. The van der Waals surface area contributed by atoms with Gasteiger partial charge in [0.25, 0.3) is 0 Å². The number of esters is 2. The van der Waals surface area contributed by atoms with Crippen molar-refractivity contribution in [2.75, 3.05) is 0 Å². The van der Waals surface area contributed by atoms with Crippen LogP contribution in [0.2, 0.25) is 0 Å². The first-order valence-electron chi connectivity index (χ1n) is 10.6. The van der Waals surface area contributed by atoms with Gasteiger partial charge in [0.1, 0.15) is 12.2 Å². The van der Waals surface area contributed by atoms with E-state index in [0.29, 0.717) is 6.42 Å². The lowest BCUT2D eigenvalue weighted by atomic mass is 9.90. The molecule has 2 unspecified atom stereocenters. The lowest BCUT2D eigenvalue weighted by molar-refractivity contribution is -0.164. The van der Waals surface area contributed by atoms with Crippen LogP contribution in [0.4, 0.5) is 0 Å². The minimum absolute atomic E-state index is 0.0669. The van der Waals surface area contributed by atoms with Crippen LogP contribution in [0.3, 0.4) is 0 Å². The van der Waals surface area contributed by atoms with Crippen molar-refractivity contribution < 1.29 is 29.0 Å². The monoisotopic (exact) mass is 382 g/mol. The Morgan fingerprint density at radius 3 is 1.85 bits per heavy atom. The van der Waals surface area contributed by atoms with Crippen molar-refractivity contribution in [1.82, 2.24) is 0 Å². The van der Waals surface area contributed by atoms with E-state index in [2.05, 4.69) is 0 Å². The molecule has 2 fully saturated rings. The van der Waals surface area contributed by atoms with Crippen LogP contribution in [0.15, 0.2) is 0 Å². The molecule has 0 bridgehead atoms. The Morgan fingerprint density at radius 1 is 0.852 bits per heavy atom. The number of carboxylic acids is 1. The fraction of sp³-hybridized carbons (Fsp3) is 0.857. The van der Waals surface area contributed by atoms with Gasteiger partial charge in [-0.3, -0.25) is 14.4 Å². The van der Waals surface area contributed by atoms with E-state index in [1.165, 1.54) is 6.42 Å². The maximum atomic E-state index is 12.7. The third-order valence-corrected chi connectivity index (χ3v) is 5.84. The number of carbonyl (C=O) groups is 3. The molecular formula is C21H34O6. The first-order valence-corrected chi connectivity index (χ1v) is 10.6. The van der Waals surface area contributed by atoms with Crippen LogP contribution in [0.5, 0.6) is 0 Å². The molecule has 2 aliphatic carbocycles. The van der Waals surface area contributed by atoms with Gasteiger partial charge in [-0.05, 0) is 64.2 Å². The molecule has 0 amide bonds. The third kappa shape index (κ3) is 7.51. The van der Waals surface area contributed by atoms with E-state index >= 15 is 0 Å². The average molecular weight is 382 g/mol. The molecule has 0 aliphatic heterocycles. The highest BCUT2D eigenvalue weighted by atomic mass is 16.6. The molecule has 6 nitrogen and oxygen atoms in total. The van der Waals surface area contributed by atoms with Crippen LogP contribution in [0.1, 0.15) is 90.4 Å². The van der Waals surface area contributed by atoms with Crippen LogP contribution in [-0.4, -0.2) is 35.2 Å². The van der Waals surface area contributed by atoms with Gasteiger partial charge in [-0.2, -0.15) is 0 Å². The van der Waals surface area contributed by atoms with Crippen LogP contribution in [0.25, 0.3) is 0 Å². The molecule has 0 saturated heterocycles. The predicted molar refractivity (Wildman–Crippen MR) is 100 cm³/mol. The number of hydrogen-bond donors (Lipinski definition) is 1. The van der Waals surface area contributed by atoms with Gasteiger partial charge in [0, 0.05) is 0 Å². The lowest BCUT2D eigenvalue weighted by Gasteiger charge is -2.26. The molecule has 2 saturated carbocycles. The van der Waals surface area contributed by atoms with Gasteiger partial charge in [0.2, 0.25) is 0 Å². The van der Waals surface area contributed by atoms with E-state index < -0.39 is 29.7 Å². The van der Waals surface area contributed by atoms with E-state index in [1.807, 2.05) is 0 Å². The Hall–Kier alpha value is -1.59. The van der Waals surface area contributed by atoms with Crippen LogP contribution in [-0.2, 0) is 23.9 Å². The number of aliphatic carboxylic acids is 1. The Labute approximate surface area is 162 Å². The van der Waals surface area contributed by atoms with Gasteiger partial charge < -0.3 is 14.6 Å². The zero-order chi connectivity index (χ0) is 19.6. The predicted octanol–water partition coefficient (Wildman–Crippen LogP) is 4.25. The normalized spacial score (nSPS) is 21.2. The maximum absolute atomic E-state index is 12.7. The summed E-state index contributed by atoms with van der Waals surface area (Å²) in [4.78, 5) is 36.5. The topological polar surface area (TPSA) is 89.9 Å². The number of ether oxygens (including phenoxy) is 2. The molecule has 0 heterocycles. The SMILES string of the molecule is CCC(CC(CC(=O)OC1CCCCC1)C(=O)OC1CCCCC1)C(=O)O. The first-order chi connectivity index (χ1) is 13.0. The maximum Gasteiger partial charge on any atom is 0.309 e. The Bertz CT molecular complexity index is 491. The number of rotatable bonds is 9. The quantitative estimate of drug-likeness (QED) is 0.600. The molecule has 2 atom stereocenters. The van der Waals surface area contributed by atoms with E-state index in [1.54, 1.807) is 6.92 Å². The minimum atomic E-state index is -0.936. The summed E-state index contributed by atoms with van der Waals surface area (Å²) in [5, 5.41) is 9.35. The number of hydrogen-bond acceptors (Lipinski definition) is 5. The molecule has 6 heteroatoms. The van der Waals surface area contributed by atoms with E-state index in [0.717, 1.165) is 57.8 Å². The van der Waals surface area contributed by atoms with Crippen molar-refractivity contribution in [2.24, 2.45) is 11.8 Å².